The van der Waals surface area contributed by atoms with Gasteiger partial charge in [-0.05, 0) is 42.8 Å². The minimum atomic E-state index is -0.901. The van der Waals surface area contributed by atoms with E-state index in [1.54, 1.807) is 0 Å². The Balaban J connectivity index is 1.85. The van der Waals surface area contributed by atoms with Gasteiger partial charge in [0.15, 0.2) is 16.8 Å². The van der Waals surface area contributed by atoms with Crippen LogP contribution in [0.1, 0.15) is 12.8 Å². The summed E-state index contributed by atoms with van der Waals surface area (Å²) < 4.78 is 26.1. The summed E-state index contributed by atoms with van der Waals surface area (Å²) in [5.74, 6) is -1.13. The minimum absolute atomic E-state index is 0.122. The number of hydrogen-bond acceptors (Lipinski definition) is 6. The lowest BCUT2D eigenvalue weighted by molar-refractivity contribution is 0.506. The van der Waals surface area contributed by atoms with Crippen LogP contribution in [0.4, 0.5) is 20.7 Å². The number of anilines is 2. The summed E-state index contributed by atoms with van der Waals surface area (Å²) >= 11 is 1.12. The SMILES string of the molecule is Nc1nc(Sc2ccc(F)c(F)c2)nc(N2CCCC2)n1. The molecule has 0 amide bonds. The molecule has 110 valence electrons. The van der Waals surface area contributed by atoms with Crippen LogP contribution < -0.4 is 10.6 Å². The van der Waals surface area contributed by atoms with Gasteiger partial charge in [0.25, 0.3) is 0 Å². The van der Waals surface area contributed by atoms with E-state index >= 15 is 0 Å². The number of nitrogens with two attached hydrogens (primary N) is 1. The summed E-state index contributed by atoms with van der Waals surface area (Å²) in [4.78, 5) is 15.0. The lowest BCUT2D eigenvalue weighted by atomic mass is 10.3. The number of benzene rings is 1. The topological polar surface area (TPSA) is 67.9 Å². The fraction of sp³-hybridized carbons (Fsp3) is 0.308. The summed E-state index contributed by atoms with van der Waals surface area (Å²) in [6, 6.07) is 3.65. The first-order valence-corrected chi connectivity index (χ1v) is 7.33. The standard InChI is InChI=1S/C13H13F2N5S/c14-9-4-3-8(7-10(9)15)21-13-18-11(16)17-12(19-13)20-5-1-2-6-20/h3-4,7H,1-2,5-6H2,(H2,16,17,18,19). The number of nitrogen functional groups attached to an aromatic ring is 1. The highest BCUT2D eigenvalue weighted by Gasteiger charge is 2.17. The lowest BCUT2D eigenvalue weighted by Crippen LogP contribution is -2.21. The molecule has 0 bridgehead atoms. The van der Waals surface area contributed by atoms with E-state index in [1.807, 2.05) is 4.90 Å². The third-order valence-corrected chi connectivity index (χ3v) is 3.96. The van der Waals surface area contributed by atoms with Gasteiger partial charge in [0, 0.05) is 18.0 Å². The molecule has 1 aliphatic heterocycles. The molecule has 1 saturated heterocycles. The first kappa shape index (κ1) is 14.0. The molecule has 1 aromatic carbocycles. The van der Waals surface area contributed by atoms with E-state index < -0.39 is 11.6 Å². The Morgan fingerprint density at radius 2 is 1.81 bits per heavy atom. The van der Waals surface area contributed by atoms with Crippen molar-refractivity contribution in [2.75, 3.05) is 23.7 Å². The van der Waals surface area contributed by atoms with E-state index in [-0.39, 0.29) is 5.95 Å². The molecule has 0 spiro atoms. The quantitative estimate of drug-likeness (QED) is 0.939. The number of hydrogen-bond donors (Lipinski definition) is 1. The predicted molar refractivity (Wildman–Crippen MR) is 76.2 cm³/mol. The van der Waals surface area contributed by atoms with Crippen molar-refractivity contribution < 1.29 is 8.78 Å². The van der Waals surface area contributed by atoms with Crippen molar-refractivity contribution in [3.8, 4) is 0 Å². The Kier molecular flexibility index (Phi) is 3.87. The van der Waals surface area contributed by atoms with Crippen molar-refractivity contribution in [1.29, 1.82) is 0 Å². The molecule has 2 aromatic rings. The van der Waals surface area contributed by atoms with Gasteiger partial charge < -0.3 is 10.6 Å². The molecule has 2 N–H and O–H groups in total. The van der Waals surface area contributed by atoms with Crippen LogP contribution in [-0.2, 0) is 0 Å². The second-order valence-electron chi connectivity index (χ2n) is 4.65. The number of halogens is 2. The third kappa shape index (κ3) is 3.21. The maximum atomic E-state index is 13.2. The molecule has 21 heavy (non-hydrogen) atoms. The summed E-state index contributed by atoms with van der Waals surface area (Å²) in [5, 5.41) is 0.371. The molecule has 8 heteroatoms. The second kappa shape index (κ2) is 5.80. The molecular weight excluding hydrogens is 296 g/mol. The maximum Gasteiger partial charge on any atom is 0.231 e. The fourth-order valence-corrected chi connectivity index (χ4v) is 2.89. The zero-order valence-corrected chi connectivity index (χ0v) is 11.9. The van der Waals surface area contributed by atoms with Crippen molar-refractivity contribution in [3.63, 3.8) is 0 Å². The van der Waals surface area contributed by atoms with Gasteiger partial charge >= 0.3 is 0 Å². The summed E-state index contributed by atoms with van der Waals surface area (Å²) in [6.07, 6.45) is 2.19. The Bertz CT molecular complexity index is 661. The van der Waals surface area contributed by atoms with Gasteiger partial charge in [-0.3, -0.25) is 0 Å². The minimum Gasteiger partial charge on any atom is -0.368 e. The molecule has 5 nitrogen and oxygen atoms in total. The van der Waals surface area contributed by atoms with Gasteiger partial charge in [-0.15, -0.1) is 0 Å². The van der Waals surface area contributed by atoms with Crippen LogP contribution in [0, 0.1) is 11.6 Å². The predicted octanol–water partition coefficient (Wildman–Crippen LogP) is 2.48. The zero-order chi connectivity index (χ0) is 14.8. The van der Waals surface area contributed by atoms with Gasteiger partial charge in [0.1, 0.15) is 0 Å². The zero-order valence-electron chi connectivity index (χ0n) is 11.1. The van der Waals surface area contributed by atoms with Crippen LogP contribution in [0.5, 0.6) is 0 Å². The highest BCUT2D eigenvalue weighted by atomic mass is 32.2. The summed E-state index contributed by atoms with van der Waals surface area (Å²) in [6.45, 7) is 1.78. The largest absolute Gasteiger partial charge is 0.368 e. The summed E-state index contributed by atoms with van der Waals surface area (Å²) in [5.41, 5.74) is 5.70. The average molecular weight is 309 g/mol. The van der Waals surface area contributed by atoms with Crippen molar-refractivity contribution >= 4 is 23.7 Å². The Morgan fingerprint density at radius 1 is 1.05 bits per heavy atom. The molecule has 3 rings (SSSR count). The number of rotatable bonds is 3. The van der Waals surface area contributed by atoms with Crippen LogP contribution in [0.2, 0.25) is 0 Å². The van der Waals surface area contributed by atoms with Gasteiger partial charge in [0.2, 0.25) is 11.9 Å². The molecule has 1 fully saturated rings. The third-order valence-electron chi connectivity index (χ3n) is 3.11. The van der Waals surface area contributed by atoms with Crippen LogP contribution in [-0.4, -0.2) is 28.0 Å². The smallest absolute Gasteiger partial charge is 0.231 e. The second-order valence-corrected chi connectivity index (χ2v) is 5.69. The van der Waals surface area contributed by atoms with Crippen LogP contribution in [0.25, 0.3) is 0 Å². The van der Waals surface area contributed by atoms with E-state index in [9.17, 15) is 8.78 Å². The molecule has 0 aliphatic carbocycles. The summed E-state index contributed by atoms with van der Waals surface area (Å²) in [7, 11) is 0. The van der Waals surface area contributed by atoms with Gasteiger partial charge in [-0.2, -0.15) is 15.0 Å². The van der Waals surface area contributed by atoms with Gasteiger partial charge in [-0.25, -0.2) is 8.78 Å². The molecule has 1 aliphatic rings. The van der Waals surface area contributed by atoms with E-state index in [1.165, 1.54) is 6.07 Å². The van der Waals surface area contributed by atoms with E-state index in [4.69, 9.17) is 5.73 Å². The number of nitrogens with zero attached hydrogens (tertiary/aromatic N) is 4. The highest BCUT2D eigenvalue weighted by Crippen LogP contribution is 2.28. The monoisotopic (exact) mass is 309 g/mol. The van der Waals surface area contributed by atoms with Crippen molar-refractivity contribution in [2.45, 2.75) is 22.9 Å². The van der Waals surface area contributed by atoms with E-state index in [0.29, 0.717) is 16.0 Å². The fourth-order valence-electron chi connectivity index (χ4n) is 2.11. The molecule has 0 saturated carbocycles. The molecule has 0 atom stereocenters. The maximum absolute atomic E-state index is 13.2. The normalized spacial score (nSPS) is 14.7. The number of aromatic nitrogens is 3. The van der Waals surface area contributed by atoms with E-state index in [2.05, 4.69) is 15.0 Å². The lowest BCUT2D eigenvalue weighted by Gasteiger charge is -2.15. The molecule has 2 heterocycles. The van der Waals surface area contributed by atoms with Crippen LogP contribution in [0.15, 0.2) is 28.3 Å². The van der Waals surface area contributed by atoms with Crippen molar-refractivity contribution in [2.24, 2.45) is 0 Å². The first-order valence-electron chi connectivity index (χ1n) is 6.51. The van der Waals surface area contributed by atoms with Crippen LogP contribution >= 0.6 is 11.8 Å². The Labute approximate surface area is 124 Å². The first-order chi connectivity index (χ1) is 10.1. The average Bonchev–Trinajstić information content (AvgIpc) is 2.96. The molecule has 1 aromatic heterocycles. The Morgan fingerprint density at radius 3 is 2.52 bits per heavy atom. The highest BCUT2D eigenvalue weighted by molar-refractivity contribution is 7.99. The van der Waals surface area contributed by atoms with Gasteiger partial charge in [0.05, 0.1) is 0 Å². The van der Waals surface area contributed by atoms with Crippen molar-refractivity contribution in [3.05, 3.63) is 29.8 Å². The molecule has 0 radical (unpaired) electrons. The van der Waals surface area contributed by atoms with E-state index in [0.717, 1.165) is 49.8 Å². The van der Waals surface area contributed by atoms with Gasteiger partial charge in [-0.1, -0.05) is 0 Å². The molecular formula is C13H13F2N5S. The molecule has 0 unspecified atom stereocenters. The Hall–Kier alpha value is -1.96. The van der Waals surface area contributed by atoms with Crippen LogP contribution in [0.3, 0.4) is 0 Å². The van der Waals surface area contributed by atoms with Crippen molar-refractivity contribution in [1.82, 2.24) is 15.0 Å².